The van der Waals surface area contributed by atoms with Gasteiger partial charge in [-0.15, -0.1) is 0 Å². The standard InChI is InChI=1S/C17H22ClNO/c1-12(2)13(3)19-10-11-20-17-9-8-16(18)14-6-4-5-7-15(14)17/h4-9,12-13,19H,10-11H2,1-3H3. The average molecular weight is 292 g/mol. The zero-order valence-electron chi connectivity index (χ0n) is 12.3. The van der Waals surface area contributed by atoms with Gasteiger partial charge >= 0.3 is 0 Å². The number of hydrogen-bond donors (Lipinski definition) is 1. The van der Waals surface area contributed by atoms with Crippen LogP contribution in [0.5, 0.6) is 5.75 Å². The maximum absolute atomic E-state index is 6.20. The molecular formula is C17H22ClNO. The Morgan fingerprint density at radius 2 is 1.75 bits per heavy atom. The predicted octanol–water partition coefficient (Wildman–Crippen LogP) is 4.51. The number of fused-ring (bicyclic) bond motifs is 1. The molecule has 0 saturated carbocycles. The Bertz CT molecular complexity index is 568. The van der Waals surface area contributed by atoms with E-state index in [1.54, 1.807) is 0 Å². The number of nitrogens with one attached hydrogen (secondary N) is 1. The smallest absolute Gasteiger partial charge is 0.127 e. The van der Waals surface area contributed by atoms with Gasteiger partial charge in [0.15, 0.2) is 0 Å². The Kier molecular flexibility index (Phi) is 5.27. The van der Waals surface area contributed by atoms with Crippen molar-refractivity contribution in [3.8, 4) is 5.75 Å². The molecule has 2 rings (SSSR count). The molecule has 1 N–H and O–H groups in total. The summed E-state index contributed by atoms with van der Waals surface area (Å²) in [5.41, 5.74) is 0. The van der Waals surface area contributed by atoms with E-state index >= 15 is 0 Å². The maximum atomic E-state index is 6.20. The lowest BCUT2D eigenvalue weighted by Crippen LogP contribution is -2.33. The van der Waals surface area contributed by atoms with Gasteiger partial charge in [0, 0.05) is 28.4 Å². The third-order valence-electron chi connectivity index (χ3n) is 3.66. The molecule has 0 saturated heterocycles. The first-order valence-electron chi connectivity index (χ1n) is 7.13. The van der Waals surface area contributed by atoms with Gasteiger partial charge in [-0.05, 0) is 25.0 Å². The van der Waals surface area contributed by atoms with Crippen LogP contribution in [0.3, 0.4) is 0 Å². The number of rotatable bonds is 6. The molecule has 1 unspecified atom stereocenters. The van der Waals surface area contributed by atoms with Crippen LogP contribution in [0.25, 0.3) is 10.8 Å². The Labute approximate surface area is 126 Å². The van der Waals surface area contributed by atoms with E-state index < -0.39 is 0 Å². The van der Waals surface area contributed by atoms with E-state index in [0.29, 0.717) is 18.6 Å². The van der Waals surface area contributed by atoms with Crippen molar-refractivity contribution in [1.82, 2.24) is 5.32 Å². The van der Waals surface area contributed by atoms with E-state index in [1.165, 1.54) is 0 Å². The maximum Gasteiger partial charge on any atom is 0.127 e. The van der Waals surface area contributed by atoms with Crippen molar-refractivity contribution in [3.05, 3.63) is 41.4 Å². The van der Waals surface area contributed by atoms with Crippen molar-refractivity contribution in [1.29, 1.82) is 0 Å². The molecule has 20 heavy (non-hydrogen) atoms. The van der Waals surface area contributed by atoms with E-state index in [-0.39, 0.29) is 0 Å². The van der Waals surface area contributed by atoms with E-state index in [2.05, 4.69) is 26.1 Å². The van der Waals surface area contributed by atoms with Crippen LogP contribution in [0, 0.1) is 5.92 Å². The summed E-state index contributed by atoms with van der Waals surface area (Å²) in [5, 5.41) is 6.33. The van der Waals surface area contributed by atoms with E-state index in [4.69, 9.17) is 16.3 Å². The Balaban J connectivity index is 1.99. The van der Waals surface area contributed by atoms with Crippen LogP contribution in [0.1, 0.15) is 20.8 Å². The predicted molar refractivity (Wildman–Crippen MR) is 86.8 cm³/mol. The van der Waals surface area contributed by atoms with Crippen LogP contribution in [0.2, 0.25) is 5.02 Å². The topological polar surface area (TPSA) is 21.3 Å². The first kappa shape index (κ1) is 15.1. The minimum atomic E-state index is 0.501. The van der Waals surface area contributed by atoms with Gasteiger partial charge in [0.25, 0.3) is 0 Å². The molecule has 0 aliphatic rings. The molecule has 0 bridgehead atoms. The third kappa shape index (κ3) is 3.65. The highest BCUT2D eigenvalue weighted by Gasteiger charge is 2.07. The molecule has 0 fully saturated rings. The largest absolute Gasteiger partial charge is 0.492 e. The molecule has 0 radical (unpaired) electrons. The highest BCUT2D eigenvalue weighted by Crippen LogP contribution is 2.31. The molecule has 0 aliphatic carbocycles. The summed E-state index contributed by atoms with van der Waals surface area (Å²) in [6.07, 6.45) is 0. The summed E-state index contributed by atoms with van der Waals surface area (Å²) >= 11 is 6.20. The highest BCUT2D eigenvalue weighted by atomic mass is 35.5. The quantitative estimate of drug-likeness (QED) is 0.791. The minimum absolute atomic E-state index is 0.501. The fraction of sp³-hybridized carbons (Fsp3) is 0.412. The van der Waals surface area contributed by atoms with Crippen LogP contribution in [-0.2, 0) is 0 Å². The van der Waals surface area contributed by atoms with Gasteiger partial charge in [0.1, 0.15) is 12.4 Å². The second-order valence-corrected chi connectivity index (χ2v) is 5.83. The molecule has 0 spiro atoms. The number of halogens is 1. The molecule has 0 heterocycles. The molecule has 108 valence electrons. The normalized spacial score (nSPS) is 12.8. The van der Waals surface area contributed by atoms with Gasteiger partial charge in [-0.3, -0.25) is 0 Å². The molecular weight excluding hydrogens is 270 g/mol. The van der Waals surface area contributed by atoms with Gasteiger partial charge in [-0.25, -0.2) is 0 Å². The summed E-state index contributed by atoms with van der Waals surface area (Å²) in [4.78, 5) is 0. The van der Waals surface area contributed by atoms with Crippen LogP contribution in [-0.4, -0.2) is 19.2 Å². The van der Waals surface area contributed by atoms with Crippen molar-refractivity contribution in [3.63, 3.8) is 0 Å². The molecule has 0 aliphatic heterocycles. The first-order valence-corrected chi connectivity index (χ1v) is 7.51. The Morgan fingerprint density at radius 1 is 1.05 bits per heavy atom. The van der Waals surface area contributed by atoms with Crippen LogP contribution in [0.15, 0.2) is 36.4 Å². The molecule has 2 aromatic rings. The lowest BCUT2D eigenvalue weighted by molar-refractivity contribution is 0.300. The molecule has 1 atom stereocenters. The van der Waals surface area contributed by atoms with Crippen molar-refractivity contribution in [2.75, 3.05) is 13.2 Å². The second-order valence-electron chi connectivity index (χ2n) is 5.43. The summed E-state index contributed by atoms with van der Waals surface area (Å²) < 4.78 is 5.88. The zero-order chi connectivity index (χ0) is 14.5. The van der Waals surface area contributed by atoms with Gasteiger partial charge in [-0.1, -0.05) is 49.7 Å². The number of hydrogen-bond acceptors (Lipinski definition) is 2. The fourth-order valence-corrected chi connectivity index (χ4v) is 2.27. The Hall–Kier alpha value is -1.25. The summed E-state index contributed by atoms with van der Waals surface area (Å²) in [6.45, 7) is 8.12. The van der Waals surface area contributed by atoms with Gasteiger partial charge < -0.3 is 10.1 Å². The SMILES string of the molecule is CC(C)C(C)NCCOc1ccc(Cl)c2ccccc12. The molecule has 0 amide bonds. The fourth-order valence-electron chi connectivity index (χ4n) is 2.04. The van der Waals surface area contributed by atoms with E-state index in [1.807, 2.05) is 36.4 Å². The molecule has 0 aromatic heterocycles. The first-order chi connectivity index (χ1) is 9.59. The summed E-state index contributed by atoms with van der Waals surface area (Å²) in [7, 11) is 0. The van der Waals surface area contributed by atoms with Crippen molar-refractivity contribution < 1.29 is 4.74 Å². The lowest BCUT2D eigenvalue weighted by Gasteiger charge is -2.18. The number of benzene rings is 2. The van der Waals surface area contributed by atoms with Gasteiger partial charge in [-0.2, -0.15) is 0 Å². The number of ether oxygens (including phenoxy) is 1. The summed E-state index contributed by atoms with van der Waals surface area (Å²) in [5.74, 6) is 1.52. The van der Waals surface area contributed by atoms with Gasteiger partial charge in [0.2, 0.25) is 0 Å². The molecule has 2 aromatic carbocycles. The van der Waals surface area contributed by atoms with Crippen molar-refractivity contribution in [2.45, 2.75) is 26.8 Å². The lowest BCUT2D eigenvalue weighted by atomic mass is 10.1. The zero-order valence-corrected chi connectivity index (χ0v) is 13.1. The average Bonchev–Trinajstić information content (AvgIpc) is 2.45. The van der Waals surface area contributed by atoms with E-state index in [9.17, 15) is 0 Å². The monoisotopic (exact) mass is 291 g/mol. The minimum Gasteiger partial charge on any atom is -0.492 e. The third-order valence-corrected chi connectivity index (χ3v) is 3.99. The van der Waals surface area contributed by atoms with Crippen LogP contribution in [0.4, 0.5) is 0 Å². The highest BCUT2D eigenvalue weighted by molar-refractivity contribution is 6.35. The Morgan fingerprint density at radius 3 is 2.45 bits per heavy atom. The van der Waals surface area contributed by atoms with Gasteiger partial charge in [0.05, 0.1) is 0 Å². The van der Waals surface area contributed by atoms with E-state index in [0.717, 1.165) is 28.1 Å². The van der Waals surface area contributed by atoms with Crippen molar-refractivity contribution in [2.24, 2.45) is 5.92 Å². The molecule has 3 heteroatoms. The summed E-state index contributed by atoms with van der Waals surface area (Å²) in [6, 6.07) is 12.4. The second kappa shape index (κ2) is 6.96. The molecule has 2 nitrogen and oxygen atoms in total. The van der Waals surface area contributed by atoms with Crippen LogP contribution < -0.4 is 10.1 Å². The van der Waals surface area contributed by atoms with Crippen LogP contribution >= 0.6 is 11.6 Å². The van der Waals surface area contributed by atoms with Crippen molar-refractivity contribution >= 4 is 22.4 Å².